The molecule has 1 heterocycles. The first-order valence-electron chi connectivity index (χ1n) is 11.7. The minimum absolute atomic E-state index is 0.0900. The number of nitrogens with one attached hydrogen (secondary N) is 2. The predicted molar refractivity (Wildman–Crippen MR) is 155 cm³/mol. The number of nitrogens with zero attached hydrogens (tertiary/aromatic N) is 5. The average molecular weight is 562 g/mol. The van der Waals surface area contributed by atoms with Crippen LogP contribution in [0.3, 0.4) is 0 Å². The van der Waals surface area contributed by atoms with Crippen LogP contribution >= 0.6 is 18.7 Å². The molecule has 0 radical (unpaired) electrons. The minimum Gasteiger partial charge on any atom is -0.494 e. The molecule has 1 aromatic heterocycles. The van der Waals surface area contributed by atoms with Crippen LogP contribution in [0.15, 0.2) is 36.5 Å². The van der Waals surface area contributed by atoms with Crippen molar-refractivity contribution < 1.29 is 14.2 Å². The first kappa shape index (κ1) is 29.2. The quantitative estimate of drug-likeness (QED) is 0.186. The Morgan fingerprint density at radius 1 is 1.11 bits per heavy atom. The van der Waals surface area contributed by atoms with Crippen molar-refractivity contribution in [1.82, 2.24) is 14.9 Å². The summed E-state index contributed by atoms with van der Waals surface area (Å²) in [6.45, 7) is 6.63. The summed E-state index contributed by atoms with van der Waals surface area (Å²) < 4.78 is 18.4. The van der Waals surface area contributed by atoms with Gasteiger partial charge in [-0.25, -0.2) is 4.98 Å². The smallest absolute Gasteiger partial charge is 0.294 e. The van der Waals surface area contributed by atoms with E-state index in [-0.39, 0.29) is 22.5 Å². The van der Waals surface area contributed by atoms with Gasteiger partial charge in [-0.2, -0.15) is 4.98 Å². The van der Waals surface area contributed by atoms with Crippen molar-refractivity contribution in [2.75, 3.05) is 70.2 Å². The highest BCUT2D eigenvalue weighted by molar-refractivity contribution is 7.70. The second-order valence-corrected chi connectivity index (χ2v) is 13.1. The summed E-state index contributed by atoms with van der Waals surface area (Å²) in [4.78, 5) is 24.0. The monoisotopic (exact) mass is 561 g/mol. The maximum absolute atomic E-state index is 12.9. The first-order valence-corrected chi connectivity index (χ1v) is 14.7. The number of nitro benzene ring substituents is 1. The molecule has 2 N–H and O–H groups in total. The van der Waals surface area contributed by atoms with E-state index in [0.717, 1.165) is 12.1 Å². The van der Waals surface area contributed by atoms with Gasteiger partial charge in [-0.1, -0.05) is 23.2 Å². The van der Waals surface area contributed by atoms with Crippen molar-refractivity contribution in [2.45, 2.75) is 6.92 Å². The Morgan fingerprint density at radius 3 is 2.42 bits per heavy atom. The third-order valence-corrected chi connectivity index (χ3v) is 7.57. The van der Waals surface area contributed by atoms with Crippen molar-refractivity contribution >= 4 is 58.6 Å². The molecule has 0 bridgehead atoms. The van der Waals surface area contributed by atoms with Gasteiger partial charge in [0.1, 0.15) is 23.6 Å². The van der Waals surface area contributed by atoms with Gasteiger partial charge in [0.2, 0.25) is 5.95 Å². The van der Waals surface area contributed by atoms with E-state index in [1.165, 1.54) is 19.4 Å². The Hall–Kier alpha value is -3.40. The van der Waals surface area contributed by atoms with Gasteiger partial charge >= 0.3 is 0 Å². The van der Waals surface area contributed by atoms with Crippen molar-refractivity contribution in [3.63, 3.8) is 0 Å². The van der Waals surface area contributed by atoms with E-state index in [2.05, 4.69) is 20.6 Å². The van der Waals surface area contributed by atoms with Gasteiger partial charge in [0.25, 0.3) is 5.69 Å². The second-order valence-electron chi connectivity index (χ2n) is 9.53. The molecule has 38 heavy (non-hydrogen) atoms. The molecule has 0 saturated heterocycles. The van der Waals surface area contributed by atoms with Crippen LogP contribution in [0.25, 0.3) is 0 Å². The van der Waals surface area contributed by atoms with E-state index in [1.54, 1.807) is 26.4 Å². The molecule has 0 unspecified atom stereocenters. The lowest BCUT2D eigenvalue weighted by atomic mass is 10.2. The van der Waals surface area contributed by atoms with E-state index in [1.807, 2.05) is 49.0 Å². The number of hydrogen-bond donors (Lipinski definition) is 2. The maximum Gasteiger partial charge on any atom is 0.294 e. The molecular formula is C25H33ClN7O4P. The number of hydrogen-bond acceptors (Lipinski definition) is 10. The summed E-state index contributed by atoms with van der Waals surface area (Å²) in [5, 5.41) is 19.0. The number of likely N-dealkylation sites (N-methyl/N-ethyl adjacent to an activating group) is 2. The molecule has 11 nitrogen and oxygen atoms in total. The lowest BCUT2D eigenvalue weighted by Crippen LogP contribution is -2.28. The van der Waals surface area contributed by atoms with Gasteiger partial charge < -0.3 is 29.7 Å². The Labute approximate surface area is 227 Å². The number of benzene rings is 2. The molecule has 13 heteroatoms. The molecule has 0 aliphatic carbocycles. The number of anilines is 5. The molecule has 0 spiro atoms. The van der Waals surface area contributed by atoms with Crippen LogP contribution in [0, 0.1) is 17.0 Å². The Morgan fingerprint density at radius 2 is 1.82 bits per heavy atom. The third-order valence-electron chi connectivity index (χ3n) is 5.76. The van der Waals surface area contributed by atoms with Crippen LogP contribution in [-0.2, 0) is 4.57 Å². The number of aryl methyl sites for hydroxylation is 1. The molecule has 204 valence electrons. The minimum atomic E-state index is -2.60. The molecule has 3 aromatic rings. The zero-order valence-corrected chi connectivity index (χ0v) is 24.2. The Balaban J connectivity index is 1.97. The normalized spacial score (nSPS) is 11.4. The standard InChI is InChI=1S/C25H33ClN7O4P/c1-16-8-9-18(23(12-16)38(6,7)36)28-24-17(26)15-27-25(30-24)29-19-13-21(33(34)35)20(14-22(19)37-5)32(4)11-10-31(2)3/h8-9,12-15H,10-11H2,1-7H3,(H2,27,28,29,30). The first-order chi connectivity index (χ1) is 17.8. The number of aromatic nitrogens is 2. The molecular weight excluding hydrogens is 529 g/mol. The molecule has 0 aliphatic heterocycles. The Kier molecular flexibility index (Phi) is 9.19. The van der Waals surface area contributed by atoms with Crippen LogP contribution in [0.2, 0.25) is 5.02 Å². The van der Waals surface area contributed by atoms with Crippen molar-refractivity contribution in [2.24, 2.45) is 0 Å². The largest absolute Gasteiger partial charge is 0.494 e. The van der Waals surface area contributed by atoms with E-state index < -0.39 is 12.1 Å². The summed E-state index contributed by atoms with van der Waals surface area (Å²) in [6.07, 6.45) is 1.41. The number of halogens is 1. The lowest BCUT2D eigenvalue weighted by molar-refractivity contribution is -0.384. The fourth-order valence-electron chi connectivity index (χ4n) is 3.70. The van der Waals surface area contributed by atoms with Crippen LogP contribution in [0.4, 0.5) is 34.5 Å². The van der Waals surface area contributed by atoms with E-state index in [0.29, 0.717) is 34.7 Å². The lowest BCUT2D eigenvalue weighted by Gasteiger charge is -2.23. The molecule has 0 aliphatic rings. The maximum atomic E-state index is 12.9. The van der Waals surface area contributed by atoms with Gasteiger partial charge in [-0.05, 0) is 46.5 Å². The van der Waals surface area contributed by atoms with Crippen molar-refractivity contribution in [1.29, 1.82) is 0 Å². The highest BCUT2D eigenvalue weighted by Gasteiger charge is 2.23. The van der Waals surface area contributed by atoms with Gasteiger partial charge in [0, 0.05) is 37.6 Å². The van der Waals surface area contributed by atoms with Crippen LogP contribution in [0.1, 0.15) is 5.56 Å². The molecule has 0 saturated carbocycles. The summed E-state index contributed by atoms with van der Waals surface area (Å²) in [5.74, 6) is 0.813. The van der Waals surface area contributed by atoms with E-state index in [9.17, 15) is 14.7 Å². The van der Waals surface area contributed by atoms with Crippen LogP contribution in [-0.4, -0.2) is 74.5 Å². The number of rotatable bonds is 11. The zero-order valence-electron chi connectivity index (χ0n) is 22.6. The predicted octanol–water partition coefficient (Wildman–Crippen LogP) is 5.09. The second kappa shape index (κ2) is 12.0. The van der Waals surface area contributed by atoms with E-state index >= 15 is 0 Å². The number of ether oxygens (including phenoxy) is 1. The molecule has 0 atom stereocenters. The summed E-state index contributed by atoms with van der Waals surface area (Å²) in [7, 11) is 4.55. The van der Waals surface area contributed by atoms with E-state index in [4.69, 9.17) is 16.3 Å². The van der Waals surface area contributed by atoms with Gasteiger partial charge in [0.15, 0.2) is 5.82 Å². The SMILES string of the molecule is COc1cc(N(C)CCN(C)C)c([N+](=O)[O-])cc1Nc1ncc(Cl)c(Nc2ccc(C)cc2P(C)(C)=O)n1. The van der Waals surface area contributed by atoms with Crippen LogP contribution in [0.5, 0.6) is 5.75 Å². The summed E-state index contributed by atoms with van der Waals surface area (Å²) >= 11 is 6.37. The van der Waals surface area contributed by atoms with Gasteiger partial charge in [0.05, 0.1) is 29.6 Å². The fraction of sp³-hybridized carbons (Fsp3) is 0.360. The van der Waals surface area contributed by atoms with Crippen molar-refractivity contribution in [3.05, 3.63) is 57.2 Å². The fourth-order valence-corrected chi connectivity index (χ4v) is 5.07. The summed E-state index contributed by atoms with van der Waals surface area (Å²) in [5.41, 5.74) is 2.26. The number of methoxy groups -OCH3 is 1. The number of nitro groups is 1. The topological polar surface area (TPSA) is 126 Å². The van der Waals surface area contributed by atoms with Crippen LogP contribution < -0.4 is 25.6 Å². The zero-order chi connectivity index (χ0) is 28.2. The molecule has 2 aromatic carbocycles. The third kappa shape index (κ3) is 7.12. The molecule has 0 fully saturated rings. The highest BCUT2D eigenvalue weighted by atomic mass is 35.5. The highest BCUT2D eigenvalue weighted by Crippen LogP contribution is 2.40. The van der Waals surface area contributed by atoms with Gasteiger partial charge in [-0.15, -0.1) is 0 Å². The molecule has 3 rings (SSSR count). The average Bonchev–Trinajstić information content (AvgIpc) is 2.84. The molecule has 0 amide bonds. The van der Waals surface area contributed by atoms with Gasteiger partial charge in [-0.3, -0.25) is 10.1 Å². The van der Waals surface area contributed by atoms with Crippen molar-refractivity contribution in [3.8, 4) is 5.75 Å². The Bertz CT molecular complexity index is 1380. The summed E-state index contributed by atoms with van der Waals surface area (Å²) in [6, 6.07) is 8.61.